The van der Waals surface area contributed by atoms with E-state index in [1.165, 1.54) is 19.2 Å². The Morgan fingerprint density at radius 3 is 2.80 bits per heavy atom. The SMILES string of the molecule is COc1cc(Cn2cncc2CC(=O)N2Cc3nc(-c4ccccc4Br)cn3Cc3cc(F)ccc32)ccc1C#N. The maximum Gasteiger partial charge on any atom is 0.233 e. The lowest BCUT2D eigenvalue weighted by Crippen LogP contribution is -2.32. The third kappa shape index (κ3) is 5.24. The van der Waals surface area contributed by atoms with Crippen LogP contribution in [0.25, 0.3) is 11.3 Å². The van der Waals surface area contributed by atoms with Crippen molar-refractivity contribution < 1.29 is 13.9 Å². The second kappa shape index (κ2) is 11.0. The Kier molecular flexibility index (Phi) is 7.12. The Bertz CT molecular complexity index is 1820. The smallest absolute Gasteiger partial charge is 0.233 e. The Morgan fingerprint density at radius 2 is 2.00 bits per heavy atom. The standard InChI is InChI=1S/C31H24BrFN6O2/c1-41-29-10-20(6-7-21(29)13-34)15-38-19-35-14-24(38)12-31(40)39-18-30-36-27(25-4-2-3-5-26(25)32)17-37(30)16-22-11-23(33)8-9-28(22)39/h2-11,14,17,19H,12,15-16,18H2,1H3. The van der Waals surface area contributed by atoms with E-state index in [1.54, 1.807) is 29.6 Å². The first kappa shape index (κ1) is 26.5. The Labute approximate surface area is 244 Å². The molecule has 5 aromatic rings. The summed E-state index contributed by atoms with van der Waals surface area (Å²) in [5.41, 5.74) is 5.16. The molecule has 3 aromatic carbocycles. The zero-order valence-electron chi connectivity index (χ0n) is 22.1. The van der Waals surface area contributed by atoms with Crippen molar-refractivity contribution in [1.82, 2.24) is 19.1 Å². The summed E-state index contributed by atoms with van der Waals surface area (Å²) in [6.07, 6.45) is 5.38. The van der Waals surface area contributed by atoms with E-state index in [4.69, 9.17) is 9.72 Å². The van der Waals surface area contributed by atoms with Gasteiger partial charge in [0.15, 0.2) is 0 Å². The molecule has 204 valence electrons. The average molecular weight is 611 g/mol. The minimum absolute atomic E-state index is 0.0853. The van der Waals surface area contributed by atoms with E-state index in [-0.39, 0.29) is 24.7 Å². The highest BCUT2D eigenvalue weighted by molar-refractivity contribution is 9.10. The summed E-state index contributed by atoms with van der Waals surface area (Å²) in [6, 6.07) is 19.8. The number of anilines is 1. The molecular formula is C31H24BrFN6O2. The van der Waals surface area contributed by atoms with Gasteiger partial charge >= 0.3 is 0 Å². The molecule has 0 bridgehead atoms. The van der Waals surface area contributed by atoms with Crippen molar-refractivity contribution in [2.24, 2.45) is 0 Å². The molecule has 0 unspecified atom stereocenters. The molecule has 0 radical (unpaired) electrons. The van der Waals surface area contributed by atoms with Gasteiger partial charge in [-0.25, -0.2) is 14.4 Å². The van der Waals surface area contributed by atoms with Crippen molar-refractivity contribution >= 4 is 27.5 Å². The highest BCUT2D eigenvalue weighted by atomic mass is 79.9. The Hall–Kier alpha value is -4.75. The van der Waals surface area contributed by atoms with Crippen LogP contribution in [0.3, 0.4) is 0 Å². The number of nitrogens with zero attached hydrogens (tertiary/aromatic N) is 6. The van der Waals surface area contributed by atoms with Gasteiger partial charge in [0.05, 0.1) is 44.2 Å². The molecule has 0 saturated heterocycles. The fourth-order valence-electron chi connectivity index (χ4n) is 5.10. The number of halogens is 2. The molecule has 8 nitrogen and oxygen atoms in total. The number of rotatable bonds is 6. The molecular weight excluding hydrogens is 587 g/mol. The predicted octanol–water partition coefficient (Wildman–Crippen LogP) is 5.71. The zero-order chi connectivity index (χ0) is 28.5. The third-order valence-corrected chi connectivity index (χ3v) is 7.84. The second-order valence-electron chi connectivity index (χ2n) is 9.74. The van der Waals surface area contributed by atoms with E-state index in [0.29, 0.717) is 41.5 Å². The fourth-order valence-corrected chi connectivity index (χ4v) is 5.59. The minimum atomic E-state index is -0.360. The summed E-state index contributed by atoms with van der Waals surface area (Å²) in [7, 11) is 1.53. The van der Waals surface area contributed by atoms with Crippen molar-refractivity contribution in [1.29, 1.82) is 5.26 Å². The maximum atomic E-state index is 14.3. The van der Waals surface area contributed by atoms with Crippen LogP contribution in [0.4, 0.5) is 10.1 Å². The van der Waals surface area contributed by atoms with Crippen molar-refractivity contribution in [3.63, 3.8) is 0 Å². The van der Waals surface area contributed by atoms with Crippen LogP contribution in [0.5, 0.6) is 5.75 Å². The quantitative estimate of drug-likeness (QED) is 0.245. The highest BCUT2D eigenvalue weighted by Gasteiger charge is 2.27. The molecule has 3 heterocycles. The fraction of sp³-hybridized carbons (Fsp3) is 0.161. The van der Waals surface area contributed by atoms with E-state index < -0.39 is 0 Å². The Balaban J connectivity index is 1.30. The van der Waals surface area contributed by atoms with E-state index in [2.05, 4.69) is 27.0 Å². The monoisotopic (exact) mass is 610 g/mol. The predicted molar refractivity (Wildman–Crippen MR) is 155 cm³/mol. The van der Waals surface area contributed by atoms with Gasteiger partial charge in [-0.3, -0.25) is 4.79 Å². The molecule has 10 heteroatoms. The number of methoxy groups -OCH3 is 1. The first-order chi connectivity index (χ1) is 19.9. The topological polar surface area (TPSA) is 89.0 Å². The summed E-state index contributed by atoms with van der Waals surface area (Å²) in [6.45, 7) is 1.08. The number of carbonyl (C=O) groups excluding carboxylic acids is 1. The summed E-state index contributed by atoms with van der Waals surface area (Å²) in [5, 5.41) is 9.29. The van der Waals surface area contributed by atoms with Crippen molar-refractivity contribution in [3.8, 4) is 23.1 Å². The van der Waals surface area contributed by atoms with Crippen LogP contribution < -0.4 is 9.64 Å². The largest absolute Gasteiger partial charge is 0.495 e. The van der Waals surface area contributed by atoms with Gasteiger partial charge in [-0.15, -0.1) is 0 Å². The normalized spacial score (nSPS) is 12.3. The van der Waals surface area contributed by atoms with Crippen LogP contribution in [0.15, 0.2) is 83.9 Å². The van der Waals surface area contributed by atoms with E-state index >= 15 is 0 Å². The number of amides is 1. The first-order valence-corrected chi connectivity index (χ1v) is 13.7. The summed E-state index contributed by atoms with van der Waals surface area (Å²) < 4.78 is 24.5. The molecule has 1 aliphatic heterocycles. The van der Waals surface area contributed by atoms with Crippen molar-refractivity contribution in [3.05, 3.63) is 118 Å². The number of benzene rings is 3. The molecule has 0 atom stereocenters. The van der Waals surface area contributed by atoms with Crippen LogP contribution in [-0.4, -0.2) is 32.1 Å². The number of carbonyl (C=O) groups is 1. The number of nitriles is 1. The maximum absolute atomic E-state index is 14.3. The van der Waals surface area contributed by atoms with Gasteiger partial charge in [0, 0.05) is 40.4 Å². The number of imidazole rings is 2. The van der Waals surface area contributed by atoms with Gasteiger partial charge in [0.1, 0.15) is 23.5 Å². The number of hydrogen-bond acceptors (Lipinski definition) is 5. The molecule has 1 aliphatic rings. The van der Waals surface area contributed by atoms with E-state index in [9.17, 15) is 14.4 Å². The van der Waals surface area contributed by atoms with Gasteiger partial charge in [-0.2, -0.15) is 5.26 Å². The molecule has 0 saturated carbocycles. The second-order valence-corrected chi connectivity index (χ2v) is 10.6. The van der Waals surface area contributed by atoms with Crippen LogP contribution in [0.2, 0.25) is 0 Å². The molecule has 0 aliphatic carbocycles. The molecule has 41 heavy (non-hydrogen) atoms. The number of fused-ring (bicyclic) bond motifs is 2. The third-order valence-electron chi connectivity index (χ3n) is 7.15. The molecule has 6 rings (SSSR count). The zero-order valence-corrected chi connectivity index (χ0v) is 23.7. The molecule has 1 amide bonds. The van der Waals surface area contributed by atoms with Gasteiger partial charge in [0.2, 0.25) is 5.91 Å². The van der Waals surface area contributed by atoms with Crippen LogP contribution in [0, 0.1) is 17.1 Å². The molecule has 0 N–H and O–H groups in total. The van der Waals surface area contributed by atoms with Gasteiger partial charge in [-0.05, 0) is 47.5 Å². The molecule has 2 aromatic heterocycles. The van der Waals surface area contributed by atoms with Crippen molar-refractivity contribution in [2.45, 2.75) is 26.1 Å². The van der Waals surface area contributed by atoms with E-state index in [0.717, 1.165) is 27.0 Å². The summed E-state index contributed by atoms with van der Waals surface area (Å²) in [5.74, 6) is 0.685. The van der Waals surface area contributed by atoms with Gasteiger partial charge < -0.3 is 18.8 Å². The summed E-state index contributed by atoms with van der Waals surface area (Å²) in [4.78, 5) is 24.7. The number of ether oxygens (including phenoxy) is 1. The van der Waals surface area contributed by atoms with Crippen LogP contribution >= 0.6 is 15.9 Å². The first-order valence-electron chi connectivity index (χ1n) is 12.9. The van der Waals surface area contributed by atoms with Crippen LogP contribution in [0.1, 0.15) is 28.2 Å². The molecule has 0 spiro atoms. The number of aromatic nitrogens is 4. The minimum Gasteiger partial charge on any atom is -0.495 e. The lowest BCUT2D eigenvalue weighted by molar-refractivity contribution is -0.118. The molecule has 0 fully saturated rings. The summed E-state index contributed by atoms with van der Waals surface area (Å²) >= 11 is 3.60. The average Bonchev–Trinajstić information content (AvgIpc) is 3.54. The number of hydrogen-bond donors (Lipinski definition) is 0. The van der Waals surface area contributed by atoms with Crippen LogP contribution in [-0.2, 0) is 30.8 Å². The Morgan fingerprint density at radius 1 is 1.15 bits per heavy atom. The van der Waals surface area contributed by atoms with Gasteiger partial charge in [-0.1, -0.05) is 40.2 Å². The lowest BCUT2D eigenvalue weighted by Gasteiger charge is -2.23. The lowest BCUT2D eigenvalue weighted by atomic mass is 10.1. The van der Waals surface area contributed by atoms with E-state index in [1.807, 2.05) is 51.7 Å². The van der Waals surface area contributed by atoms with Gasteiger partial charge in [0.25, 0.3) is 0 Å². The highest BCUT2D eigenvalue weighted by Crippen LogP contribution is 2.32. The van der Waals surface area contributed by atoms with Crippen molar-refractivity contribution in [2.75, 3.05) is 12.0 Å².